The normalized spacial score (nSPS) is 12.6. The van der Waals surface area contributed by atoms with Crippen molar-refractivity contribution >= 4 is 22.3 Å². The Morgan fingerprint density at radius 2 is 1.38 bits per heavy atom. The second-order valence-electron chi connectivity index (χ2n) is 7.62. The van der Waals surface area contributed by atoms with Crippen LogP contribution >= 0.6 is 12.2 Å². The zero-order valence-electron chi connectivity index (χ0n) is 18.2. The SMILES string of the molecule is CCCCCCCCCCCCCCCCC(c1n[nH]c(=S)n1N)S(=O)(=O)[O-].[Na+]. The van der Waals surface area contributed by atoms with Gasteiger partial charge in [0.2, 0.25) is 4.77 Å². The molecule has 0 amide bonds. The summed E-state index contributed by atoms with van der Waals surface area (Å²) in [6.07, 6.45) is 17.3. The van der Waals surface area contributed by atoms with Crippen molar-refractivity contribution in [3.63, 3.8) is 0 Å². The summed E-state index contributed by atoms with van der Waals surface area (Å²) in [5.41, 5.74) is 0. The van der Waals surface area contributed by atoms with E-state index in [-0.39, 0.29) is 46.6 Å². The summed E-state index contributed by atoms with van der Waals surface area (Å²) in [5.74, 6) is 5.66. The van der Waals surface area contributed by atoms with E-state index in [4.69, 9.17) is 18.1 Å². The van der Waals surface area contributed by atoms with Crippen LogP contribution in [0, 0.1) is 4.77 Å². The van der Waals surface area contributed by atoms with Crippen molar-refractivity contribution in [3.8, 4) is 0 Å². The topological polar surface area (TPSA) is 117 Å². The van der Waals surface area contributed by atoms with E-state index in [9.17, 15) is 13.0 Å². The van der Waals surface area contributed by atoms with Gasteiger partial charge >= 0.3 is 29.6 Å². The van der Waals surface area contributed by atoms with Crippen molar-refractivity contribution in [3.05, 3.63) is 10.6 Å². The maximum Gasteiger partial charge on any atom is 1.00 e. The zero-order chi connectivity index (χ0) is 20.8. The fourth-order valence-corrected chi connectivity index (χ4v) is 4.49. The van der Waals surface area contributed by atoms with Gasteiger partial charge in [-0.2, -0.15) is 5.10 Å². The maximum atomic E-state index is 11.5. The van der Waals surface area contributed by atoms with Gasteiger partial charge in [0, 0.05) is 0 Å². The molecule has 0 radical (unpaired) electrons. The number of nitrogen functional groups attached to an aromatic ring is 1. The molecule has 0 aliphatic heterocycles. The number of unbranched alkanes of at least 4 members (excludes halogenated alkanes) is 13. The fraction of sp³-hybridized carbons (Fsp3) is 0.895. The number of hydrogen-bond donors (Lipinski definition) is 2. The number of rotatable bonds is 17. The quantitative estimate of drug-likeness (QED) is 0.122. The van der Waals surface area contributed by atoms with Crippen LogP contribution in [0.4, 0.5) is 0 Å². The molecule has 1 atom stereocenters. The van der Waals surface area contributed by atoms with Gasteiger partial charge in [0.15, 0.2) is 5.82 Å². The number of hydrogen-bond acceptors (Lipinski definition) is 6. The summed E-state index contributed by atoms with van der Waals surface area (Å²) < 4.78 is 35.7. The van der Waals surface area contributed by atoms with Gasteiger partial charge in [0.1, 0.15) is 15.4 Å². The molecule has 7 nitrogen and oxygen atoms in total. The third-order valence-electron chi connectivity index (χ3n) is 5.19. The Morgan fingerprint density at radius 1 is 0.966 bits per heavy atom. The van der Waals surface area contributed by atoms with Crippen LogP contribution in [-0.4, -0.2) is 27.8 Å². The van der Waals surface area contributed by atoms with Gasteiger partial charge in [0.25, 0.3) is 0 Å². The van der Waals surface area contributed by atoms with Crippen molar-refractivity contribution < 1.29 is 42.5 Å². The van der Waals surface area contributed by atoms with Crippen LogP contribution in [0.5, 0.6) is 0 Å². The number of nitrogens with one attached hydrogen (secondary N) is 1. The second-order valence-corrected chi connectivity index (χ2v) is 9.56. The van der Waals surface area contributed by atoms with Crippen LogP contribution in [0.1, 0.15) is 114 Å². The number of aromatic nitrogens is 3. The summed E-state index contributed by atoms with van der Waals surface area (Å²) in [6.45, 7) is 2.25. The Hall–Kier alpha value is 0.0700. The largest absolute Gasteiger partial charge is 1.00 e. The molecule has 0 saturated heterocycles. The smallest absolute Gasteiger partial charge is 0.747 e. The van der Waals surface area contributed by atoms with Gasteiger partial charge in [0.05, 0.1) is 0 Å². The molecular weight excluding hydrogens is 419 g/mol. The first-order valence-corrected chi connectivity index (χ1v) is 12.6. The van der Waals surface area contributed by atoms with E-state index in [1.165, 1.54) is 64.2 Å². The van der Waals surface area contributed by atoms with Crippen molar-refractivity contribution in [2.24, 2.45) is 0 Å². The molecule has 1 heterocycles. The first-order valence-electron chi connectivity index (χ1n) is 10.7. The second kappa shape index (κ2) is 16.7. The van der Waals surface area contributed by atoms with Crippen LogP contribution in [0.2, 0.25) is 0 Å². The molecule has 1 unspecified atom stereocenters. The maximum absolute atomic E-state index is 11.5. The van der Waals surface area contributed by atoms with Gasteiger partial charge < -0.3 is 10.4 Å². The first-order chi connectivity index (χ1) is 13.4. The van der Waals surface area contributed by atoms with Crippen molar-refractivity contribution in [1.82, 2.24) is 14.9 Å². The van der Waals surface area contributed by atoms with E-state index < -0.39 is 15.4 Å². The average Bonchev–Trinajstić information content (AvgIpc) is 2.96. The molecule has 3 N–H and O–H groups in total. The molecule has 0 fully saturated rings. The number of nitrogens with two attached hydrogens (primary N) is 1. The number of aromatic amines is 1. The van der Waals surface area contributed by atoms with E-state index in [1.807, 2.05) is 0 Å². The Bertz CT molecular complexity index is 692. The standard InChI is InChI=1S/C19H38N4O3S2.Na/c1-2-3-4-5-6-7-8-9-10-11-12-13-14-15-16-17(28(24,25)26)18-21-22-19(27)23(18)20;/h17H,2-16,20H2,1H3,(H,22,27)(H,24,25,26);/q;+1/p-1. The molecule has 0 bridgehead atoms. The molecule has 0 aromatic carbocycles. The summed E-state index contributed by atoms with van der Waals surface area (Å²) in [6, 6.07) is 0. The van der Waals surface area contributed by atoms with Gasteiger partial charge in [-0.3, -0.25) is 5.10 Å². The van der Waals surface area contributed by atoms with Gasteiger partial charge in [-0.25, -0.2) is 13.1 Å². The summed E-state index contributed by atoms with van der Waals surface area (Å²) in [4.78, 5) is 0. The van der Waals surface area contributed by atoms with Crippen LogP contribution < -0.4 is 35.4 Å². The minimum Gasteiger partial charge on any atom is -0.747 e. The molecule has 0 aliphatic carbocycles. The zero-order valence-corrected chi connectivity index (χ0v) is 21.8. The Balaban J connectivity index is 0.00000784. The molecule has 0 aliphatic rings. The van der Waals surface area contributed by atoms with E-state index >= 15 is 0 Å². The van der Waals surface area contributed by atoms with Crippen LogP contribution in [0.3, 0.4) is 0 Å². The van der Waals surface area contributed by atoms with Crippen molar-refractivity contribution in [2.75, 3.05) is 5.84 Å². The average molecular weight is 457 g/mol. The summed E-state index contributed by atoms with van der Waals surface area (Å²) >= 11 is 4.88. The van der Waals surface area contributed by atoms with Crippen LogP contribution in [-0.2, 0) is 10.1 Å². The fourth-order valence-electron chi connectivity index (χ4n) is 3.47. The van der Waals surface area contributed by atoms with Gasteiger partial charge in [-0.05, 0) is 18.6 Å². The molecule has 0 spiro atoms. The summed E-state index contributed by atoms with van der Waals surface area (Å²) in [7, 11) is -4.52. The minimum absolute atomic E-state index is 0. The monoisotopic (exact) mass is 456 g/mol. The van der Waals surface area contributed by atoms with E-state index in [0.717, 1.165) is 23.9 Å². The Labute approximate surface area is 203 Å². The molecule has 1 aromatic heterocycles. The van der Waals surface area contributed by atoms with Crippen LogP contribution in [0.25, 0.3) is 0 Å². The molecule has 1 aromatic rings. The van der Waals surface area contributed by atoms with Gasteiger partial charge in [-0.15, -0.1) is 0 Å². The number of H-pyrrole nitrogens is 1. The third-order valence-corrected chi connectivity index (χ3v) is 6.62. The van der Waals surface area contributed by atoms with Gasteiger partial charge in [-0.1, -0.05) is 96.8 Å². The molecule has 10 heteroatoms. The first kappa shape index (κ1) is 29.1. The number of nitrogens with zero attached hydrogens (tertiary/aromatic N) is 2. The Kier molecular flexibility index (Phi) is 16.8. The third kappa shape index (κ3) is 12.5. The molecule has 29 heavy (non-hydrogen) atoms. The summed E-state index contributed by atoms with van der Waals surface area (Å²) in [5, 5.41) is 4.99. The molecule has 1 rings (SSSR count). The predicted octanol–water partition coefficient (Wildman–Crippen LogP) is 2.12. The van der Waals surface area contributed by atoms with Crippen LogP contribution in [0.15, 0.2) is 0 Å². The minimum atomic E-state index is -4.52. The Morgan fingerprint density at radius 3 is 1.72 bits per heavy atom. The van der Waals surface area contributed by atoms with E-state index in [0.29, 0.717) is 6.42 Å². The van der Waals surface area contributed by atoms with Crippen molar-refractivity contribution in [1.29, 1.82) is 0 Å². The molecular formula is C19H37N4NaO3S2. The van der Waals surface area contributed by atoms with Crippen molar-refractivity contribution in [2.45, 2.75) is 108 Å². The van der Waals surface area contributed by atoms with E-state index in [1.54, 1.807) is 0 Å². The molecule has 0 saturated carbocycles. The molecule has 164 valence electrons. The predicted molar refractivity (Wildman–Crippen MR) is 115 cm³/mol. The van der Waals surface area contributed by atoms with E-state index in [2.05, 4.69) is 17.1 Å².